The van der Waals surface area contributed by atoms with E-state index < -0.39 is 0 Å². The summed E-state index contributed by atoms with van der Waals surface area (Å²) in [5.74, 6) is 0. The third-order valence-corrected chi connectivity index (χ3v) is 3.11. The lowest BCUT2D eigenvalue weighted by Gasteiger charge is -1.92. The Hall–Kier alpha value is -1.73. The van der Waals surface area contributed by atoms with Gasteiger partial charge in [-0.3, -0.25) is 4.98 Å². The van der Waals surface area contributed by atoms with Gasteiger partial charge in [-0.2, -0.15) is 5.26 Å². The molecule has 2 rings (SSSR count). The Bertz CT molecular complexity index is 496. The highest BCUT2D eigenvalue weighted by Gasteiger charge is 2.10. The smallest absolute Gasteiger partial charge is 0.128 e. The van der Waals surface area contributed by atoms with Gasteiger partial charge >= 0.3 is 0 Å². The van der Waals surface area contributed by atoms with Crippen LogP contribution in [-0.4, -0.2) is 9.97 Å². The molecular weight excluding hydrogens is 206 g/mol. The van der Waals surface area contributed by atoms with E-state index in [1.807, 2.05) is 19.1 Å². The summed E-state index contributed by atoms with van der Waals surface area (Å²) in [4.78, 5) is 9.10. The van der Waals surface area contributed by atoms with Crippen molar-refractivity contribution in [2.45, 2.75) is 13.3 Å². The van der Waals surface area contributed by atoms with Crippen LogP contribution < -0.4 is 0 Å². The summed E-state index contributed by atoms with van der Waals surface area (Å²) in [7, 11) is 0. The van der Waals surface area contributed by atoms with Gasteiger partial charge in [-0.05, 0) is 18.6 Å². The number of nitriles is 1. The molecule has 2 aromatic rings. The number of hydrogen-bond donors (Lipinski definition) is 0. The van der Waals surface area contributed by atoms with Crippen molar-refractivity contribution in [1.29, 1.82) is 5.26 Å². The Morgan fingerprint density at radius 1 is 1.40 bits per heavy atom. The van der Waals surface area contributed by atoms with Gasteiger partial charge in [0.1, 0.15) is 16.0 Å². The van der Waals surface area contributed by atoms with E-state index in [2.05, 4.69) is 16.0 Å². The fraction of sp³-hybridized carbons (Fsp3) is 0.182. The molecule has 74 valence electrons. The fourth-order valence-electron chi connectivity index (χ4n) is 1.30. The summed E-state index contributed by atoms with van der Waals surface area (Å²) in [5.41, 5.74) is 1.90. The van der Waals surface area contributed by atoms with Gasteiger partial charge in [-0.15, -0.1) is 11.3 Å². The van der Waals surface area contributed by atoms with Crippen LogP contribution in [-0.2, 0) is 6.42 Å². The number of thiazole rings is 1. The zero-order valence-corrected chi connectivity index (χ0v) is 9.08. The Labute approximate surface area is 92.1 Å². The maximum absolute atomic E-state index is 8.92. The van der Waals surface area contributed by atoms with E-state index in [1.54, 1.807) is 12.4 Å². The second-order valence-corrected chi connectivity index (χ2v) is 4.00. The molecule has 0 aliphatic carbocycles. The van der Waals surface area contributed by atoms with E-state index in [9.17, 15) is 0 Å². The molecule has 0 aromatic carbocycles. The van der Waals surface area contributed by atoms with Crippen LogP contribution in [0.2, 0.25) is 0 Å². The highest BCUT2D eigenvalue weighted by molar-refractivity contribution is 7.15. The van der Waals surface area contributed by atoms with Gasteiger partial charge in [0.2, 0.25) is 0 Å². The summed E-state index contributed by atoms with van der Waals surface area (Å²) in [6.45, 7) is 2.01. The highest BCUT2D eigenvalue weighted by Crippen LogP contribution is 2.27. The number of hydrogen-bond acceptors (Lipinski definition) is 4. The van der Waals surface area contributed by atoms with E-state index in [0.717, 1.165) is 22.7 Å². The number of pyridine rings is 1. The predicted octanol–water partition coefficient (Wildman–Crippen LogP) is 2.64. The molecular formula is C11H9N3S. The number of aromatic nitrogens is 2. The molecule has 0 fully saturated rings. The molecule has 0 radical (unpaired) electrons. The van der Waals surface area contributed by atoms with E-state index in [1.165, 1.54) is 11.3 Å². The summed E-state index contributed by atoms with van der Waals surface area (Å²) < 4.78 is 0. The van der Waals surface area contributed by atoms with Crippen molar-refractivity contribution >= 4 is 11.3 Å². The predicted molar refractivity (Wildman–Crippen MR) is 59.4 cm³/mol. The van der Waals surface area contributed by atoms with Crippen molar-refractivity contribution in [2.24, 2.45) is 0 Å². The molecule has 0 unspecified atom stereocenters. The van der Waals surface area contributed by atoms with Crippen molar-refractivity contribution in [3.05, 3.63) is 35.1 Å². The quantitative estimate of drug-likeness (QED) is 0.773. The fourth-order valence-corrected chi connectivity index (χ4v) is 2.25. The van der Waals surface area contributed by atoms with Gasteiger partial charge in [0.05, 0.1) is 5.69 Å². The zero-order valence-electron chi connectivity index (χ0n) is 8.27. The largest absolute Gasteiger partial charge is 0.265 e. The maximum Gasteiger partial charge on any atom is 0.128 e. The van der Waals surface area contributed by atoms with Crippen molar-refractivity contribution in [1.82, 2.24) is 9.97 Å². The summed E-state index contributed by atoms with van der Waals surface area (Å²) in [6.07, 6.45) is 4.26. The van der Waals surface area contributed by atoms with Gasteiger partial charge < -0.3 is 0 Å². The third kappa shape index (κ3) is 1.88. The second kappa shape index (κ2) is 4.20. The Balaban J connectivity index is 2.48. The minimum atomic E-state index is 0.712. The molecule has 0 spiro atoms. The molecule has 0 N–H and O–H groups in total. The van der Waals surface area contributed by atoms with Crippen LogP contribution in [0.4, 0.5) is 0 Å². The van der Waals surface area contributed by atoms with Gasteiger partial charge in [0.15, 0.2) is 0 Å². The van der Waals surface area contributed by atoms with E-state index >= 15 is 0 Å². The van der Waals surface area contributed by atoms with Gasteiger partial charge in [0.25, 0.3) is 0 Å². The molecule has 0 atom stereocenters. The van der Waals surface area contributed by atoms with Gasteiger partial charge in [0, 0.05) is 18.0 Å². The highest BCUT2D eigenvalue weighted by atomic mass is 32.1. The molecule has 2 aromatic heterocycles. The van der Waals surface area contributed by atoms with E-state index in [4.69, 9.17) is 5.26 Å². The molecule has 0 amide bonds. The van der Waals surface area contributed by atoms with Crippen LogP contribution in [0.3, 0.4) is 0 Å². The first-order valence-corrected chi connectivity index (χ1v) is 5.47. The standard InChI is InChI=1S/C11H9N3S/c1-2-9-10(7-12)15-11(14-9)8-3-5-13-6-4-8/h3-6H,2H2,1H3. The number of nitrogens with zero attached hydrogens (tertiary/aromatic N) is 3. The minimum Gasteiger partial charge on any atom is -0.265 e. The van der Waals surface area contributed by atoms with Crippen LogP contribution >= 0.6 is 11.3 Å². The third-order valence-electron chi connectivity index (χ3n) is 2.06. The Kier molecular flexibility index (Phi) is 2.75. The molecule has 4 heteroatoms. The first-order chi connectivity index (χ1) is 7.35. The maximum atomic E-state index is 8.92. The van der Waals surface area contributed by atoms with E-state index in [-0.39, 0.29) is 0 Å². The molecule has 0 aliphatic heterocycles. The van der Waals surface area contributed by atoms with Crippen LogP contribution in [0, 0.1) is 11.3 Å². The minimum absolute atomic E-state index is 0.712. The average molecular weight is 215 g/mol. The Morgan fingerprint density at radius 2 is 2.13 bits per heavy atom. The summed E-state index contributed by atoms with van der Waals surface area (Å²) in [5, 5.41) is 9.81. The number of rotatable bonds is 2. The lowest BCUT2D eigenvalue weighted by Crippen LogP contribution is -1.83. The first-order valence-electron chi connectivity index (χ1n) is 4.65. The van der Waals surface area contributed by atoms with Crippen LogP contribution in [0.5, 0.6) is 0 Å². The van der Waals surface area contributed by atoms with Crippen LogP contribution in [0.25, 0.3) is 10.6 Å². The lowest BCUT2D eigenvalue weighted by molar-refractivity contribution is 1.06. The second-order valence-electron chi connectivity index (χ2n) is 3.00. The zero-order chi connectivity index (χ0) is 10.7. The molecule has 2 heterocycles. The SMILES string of the molecule is CCc1nc(-c2ccncc2)sc1C#N. The lowest BCUT2D eigenvalue weighted by atomic mass is 10.3. The molecule has 0 saturated carbocycles. The van der Waals surface area contributed by atoms with Crippen LogP contribution in [0.1, 0.15) is 17.5 Å². The molecule has 0 bridgehead atoms. The molecule has 15 heavy (non-hydrogen) atoms. The molecule has 3 nitrogen and oxygen atoms in total. The normalized spacial score (nSPS) is 9.87. The summed E-state index contributed by atoms with van der Waals surface area (Å²) >= 11 is 1.44. The average Bonchev–Trinajstić information content (AvgIpc) is 2.73. The topological polar surface area (TPSA) is 49.6 Å². The van der Waals surface area contributed by atoms with Crippen molar-refractivity contribution < 1.29 is 0 Å². The van der Waals surface area contributed by atoms with Crippen molar-refractivity contribution in [2.75, 3.05) is 0 Å². The van der Waals surface area contributed by atoms with Gasteiger partial charge in [-0.1, -0.05) is 6.92 Å². The summed E-state index contributed by atoms with van der Waals surface area (Å²) in [6, 6.07) is 5.98. The first kappa shape index (κ1) is 9.81. The molecule has 0 aliphatic rings. The number of aryl methyl sites for hydroxylation is 1. The van der Waals surface area contributed by atoms with Gasteiger partial charge in [-0.25, -0.2) is 4.98 Å². The Morgan fingerprint density at radius 3 is 2.67 bits per heavy atom. The van der Waals surface area contributed by atoms with Crippen molar-refractivity contribution in [3.63, 3.8) is 0 Å². The monoisotopic (exact) mass is 215 g/mol. The van der Waals surface area contributed by atoms with E-state index in [0.29, 0.717) is 4.88 Å². The van der Waals surface area contributed by atoms with Crippen LogP contribution in [0.15, 0.2) is 24.5 Å². The molecule has 0 saturated heterocycles. The van der Waals surface area contributed by atoms with Crippen molar-refractivity contribution in [3.8, 4) is 16.6 Å².